The van der Waals surface area contributed by atoms with E-state index in [1.165, 1.54) is 22.1 Å². The summed E-state index contributed by atoms with van der Waals surface area (Å²) in [5.41, 5.74) is 1.42. The van der Waals surface area contributed by atoms with Gasteiger partial charge >= 0.3 is 0 Å². The van der Waals surface area contributed by atoms with Crippen molar-refractivity contribution in [3.8, 4) is 0 Å². The van der Waals surface area contributed by atoms with Gasteiger partial charge in [0.25, 0.3) is 15.9 Å². The van der Waals surface area contributed by atoms with E-state index in [2.05, 4.69) is 5.16 Å². The molecule has 0 spiro atoms. The molecule has 0 saturated carbocycles. The van der Waals surface area contributed by atoms with E-state index in [0.717, 1.165) is 27.7 Å². The molecule has 2 aromatic heterocycles. The lowest BCUT2D eigenvalue weighted by Crippen LogP contribution is -2.50. The van der Waals surface area contributed by atoms with Gasteiger partial charge in [0.2, 0.25) is 0 Å². The summed E-state index contributed by atoms with van der Waals surface area (Å²) in [4.78, 5) is 15.7. The zero-order valence-electron chi connectivity index (χ0n) is 16.7. The van der Waals surface area contributed by atoms with E-state index in [1.807, 2.05) is 31.2 Å². The predicted octanol–water partition coefficient (Wildman–Crippen LogP) is 4.14. The number of amides is 1. The van der Waals surface area contributed by atoms with Gasteiger partial charge in [-0.15, -0.1) is 23.1 Å². The first-order chi connectivity index (χ1) is 14.8. The lowest BCUT2D eigenvalue weighted by molar-refractivity contribution is 0.0694. The molecule has 4 rings (SSSR count). The molecule has 1 aromatic carbocycles. The van der Waals surface area contributed by atoms with Gasteiger partial charge in [0, 0.05) is 42.9 Å². The fourth-order valence-corrected chi connectivity index (χ4v) is 7.26. The van der Waals surface area contributed by atoms with E-state index in [4.69, 9.17) is 16.1 Å². The van der Waals surface area contributed by atoms with Crippen LogP contribution in [0, 0.1) is 6.92 Å². The number of carbonyl (C=O) groups is 1. The van der Waals surface area contributed by atoms with Crippen LogP contribution in [0.1, 0.15) is 21.8 Å². The number of aromatic nitrogens is 1. The van der Waals surface area contributed by atoms with Crippen molar-refractivity contribution < 1.29 is 17.7 Å². The van der Waals surface area contributed by atoms with Crippen LogP contribution in [0.15, 0.2) is 56.1 Å². The molecule has 31 heavy (non-hydrogen) atoms. The highest BCUT2D eigenvalue weighted by atomic mass is 35.5. The van der Waals surface area contributed by atoms with Crippen molar-refractivity contribution in [2.24, 2.45) is 0 Å². The van der Waals surface area contributed by atoms with Crippen molar-refractivity contribution in [2.45, 2.75) is 21.8 Å². The number of benzene rings is 1. The smallest absolute Gasteiger partial charge is 0.255 e. The number of halogens is 1. The minimum absolute atomic E-state index is 0.101. The van der Waals surface area contributed by atoms with Crippen molar-refractivity contribution >= 4 is 50.6 Å². The second kappa shape index (κ2) is 9.33. The largest absolute Gasteiger partial charge is 0.361 e. The Labute approximate surface area is 194 Å². The number of rotatable bonds is 6. The molecule has 0 radical (unpaired) electrons. The number of thiophene rings is 1. The molecule has 3 aromatic rings. The standard InChI is InChI=1S/C20H20ClN3O4S3/c1-14-12-15(22-28-14)13-29-17-5-3-2-4-16(17)20(25)23-8-10-24(11-9-23)31(26,27)19-7-6-18(21)30-19/h2-7,12H,8-11,13H2,1H3. The Morgan fingerprint density at radius 1 is 1.19 bits per heavy atom. The van der Waals surface area contributed by atoms with E-state index in [9.17, 15) is 13.2 Å². The van der Waals surface area contributed by atoms with Crippen molar-refractivity contribution in [3.63, 3.8) is 0 Å². The number of sulfonamides is 1. The van der Waals surface area contributed by atoms with Gasteiger partial charge in [0.05, 0.1) is 15.6 Å². The third kappa shape index (κ3) is 4.98. The average Bonchev–Trinajstić information content (AvgIpc) is 3.40. The topological polar surface area (TPSA) is 83.7 Å². The first-order valence-electron chi connectivity index (χ1n) is 9.53. The van der Waals surface area contributed by atoms with Gasteiger partial charge in [-0.3, -0.25) is 4.79 Å². The summed E-state index contributed by atoms with van der Waals surface area (Å²) in [6.45, 7) is 3.00. The first-order valence-corrected chi connectivity index (χ1v) is 13.2. The molecule has 0 unspecified atom stereocenters. The van der Waals surface area contributed by atoms with E-state index in [1.54, 1.807) is 17.0 Å². The van der Waals surface area contributed by atoms with Gasteiger partial charge in [-0.25, -0.2) is 8.42 Å². The Kier molecular flexibility index (Phi) is 6.73. The summed E-state index contributed by atoms with van der Waals surface area (Å²) in [6, 6.07) is 12.4. The molecule has 1 aliphatic heterocycles. The van der Waals surface area contributed by atoms with Crippen molar-refractivity contribution in [3.05, 3.63) is 63.8 Å². The van der Waals surface area contributed by atoms with Crippen molar-refractivity contribution in [1.82, 2.24) is 14.4 Å². The Morgan fingerprint density at radius 2 is 1.94 bits per heavy atom. The predicted molar refractivity (Wildman–Crippen MR) is 121 cm³/mol. The highest BCUT2D eigenvalue weighted by molar-refractivity contribution is 7.98. The summed E-state index contributed by atoms with van der Waals surface area (Å²) >= 11 is 8.45. The van der Waals surface area contributed by atoms with Crippen LogP contribution >= 0.6 is 34.7 Å². The molecule has 0 aliphatic carbocycles. The molecule has 1 aliphatic rings. The Morgan fingerprint density at radius 3 is 2.58 bits per heavy atom. The number of piperazine rings is 1. The number of nitrogens with zero attached hydrogens (tertiary/aromatic N) is 3. The fraction of sp³-hybridized carbons (Fsp3) is 0.300. The Bertz CT molecular complexity index is 1180. The Hall–Kier alpha value is -1.85. The molecule has 1 saturated heterocycles. The molecular weight excluding hydrogens is 478 g/mol. The molecule has 0 atom stereocenters. The number of hydrogen-bond donors (Lipinski definition) is 0. The quantitative estimate of drug-likeness (QED) is 0.476. The third-order valence-electron chi connectivity index (χ3n) is 4.84. The molecule has 11 heteroatoms. The van der Waals surface area contributed by atoms with Crippen LogP contribution in [0.25, 0.3) is 0 Å². The van der Waals surface area contributed by atoms with Crippen LogP contribution < -0.4 is 0 Å². The van der Waals surface area contributed by atoms with Gasteiger partial charge in [-0.1, -0.05) is 28.9 Å². The number of carbonyl (C=O) groups excluding carboxylic acids is 1. The van der Waals surface area contributed by atoms with Crippen LogP contribution in [0.4, 0.5) is 0 Å². The van der Waals surface area contributed by atoms with Crippen molar-refractivity contribution in [2.75, 3.05) is 26.2 Å². The van der Waals surface area contributed by atoms with Gasteiger partial charge in [0.1, 0.15) is 9.97 Å². The van der Waals surface area contributed by atoms with Gasteiger partial charge in [-0.05, 0) is 31.2 Å². The minimum Gasteiger partial charge on any atom is -0.361 e. The number of aryl methyl sites for hydroxylation is 1. The highest BCUT2D eigenvalue weighted by Gasteiger charge is 2.31. The molecule has 1 fully saturated rings. The lowest BCUT2D eigenvalue weighted by atomic mass is 10.2. The Balaban J connectivity index is 1.42. The maximum Gasteiger partial charge on any atom is 0.255 e. The summed E-state index contributed by atoms with van der Waals surface area (Å²) in [5.74, 6) is 1.24. The van der Waals surface area contributed by atoms with Crippen LogP contribution in [-0.4, -0.2) is 54.9 Å². The second-order valence-electron chi connectivity index (χ2n) is 6.97. The molecule has 7 nitrogen and oxygen atoms in total. The normalized spacial score (nSPS) is 15.4. The van der Waals surface area contributed by atoms with Crippen LogP contribution in [-0.2, 0) is 15.8 Å². The summed E-state index contributed by atoms with van der Waals surface area (Å²) in [7, 11) is -3.59. The SMILES string of the molecule is Cc1cc(CSc2ccccc2C(=O)N2CCN(S(=O)(=O)c3ccc(Cl)s3)CC2)no1. The fourth-order valence-electron chi connectivity index (χ4n) is 3.27. The molecule has 0 N–H and O–H groups in total. The van der Waals surface area contributed by atoms with E-state index >= 15 is 0 Å². The van der Waals surface area contributed by atoms with Crippen molar-refractivity contribution in [1.29, 1.82) is 0 Å². The van der Waals surface area contributed by atoms with Gasteiger partial charge < -0.3 is 9.42 Å². The second-order valence-corrected chi connectivity index (χ2v) is 11.9. The molecule has 1 amide bonds. The summed E-state index contributed by atoms with van der Waals surface area (Å²) < 4.78 is 32.7. The molecule has 0 bridgehead atoms. The molecule has 164 valence electrons. The average molecular weight is 498 g/mol. The van der Waals surface area contributed by atoms with Gasteiger partial charge in [-0.2, -0.15) is 4.31 Å². The number of thioether (sulfide) groups is 1. The summed E-state index contributed by atoms with van der Waals surface area (Å²) in [5, 5.41) is 3.99. The van der Waals surface area contributed by atoms with Crippen LogP contribution in [0.2, 0.25) is 4.34 Å². The van der Waals surface area contributed by atoms with E-state index < -0.39 is 10.0 Å². The maximum atomic E-state index is 13.2. The maximum absolute atomic E-state index is 13.2. The monoisotopic (exact) mass is 497 g/mol. The molecular formula is C20H20ClN3O4S3. The zero-order valence-corrected chi connectivity index (χ0v) is 19.9. The first kappa shape index (κ1) is 22.3. The van der Waals surface area contributed by atoms with Gasteiger partial charge in [0.15, 0.2) is 0 Å². The number of hydrogen-bond acceptors (Lipinski definition) is 7. The lowest BCUT2D eigenvalue weighted by Gasteiger charge is -2.34. The summed E-state index contributed by atoms with van der Waals surface area (Å²) in [6.07, 6.45) is 0. The zero-order chi connectivity index (χ0) is 22.0. The van der Waals surface area contributed by atoms with E-state index in [-0.39, 0.29) is 23.2 Å². The highest BCUT2D eigenvalue weighted by Crippen LogP contribution is 2.30. The molecule has 3 heterocycles. The third-order valence-corrected chi connectivity index (χ3v) is 9.54. The van der Waals surface area contributed by atoms with E-state index in [0.29, 0.717) is 28.7 Å². The van der Waals surface area contributed by atoms with Crippen LogP contribution in [0.5, 0.6) is 0 Å². The minimum atomic E-state index is -3.59. The van der Waals surface area contributed by atoms with Crippen LogP contribution in [0.3, 0.4) is 0 Å².